The fourth-order valence-electron chi connectivity index (χ4n) is 1.12. The van der Waals surface area contributed by atoms with E-state index in [2.05, 4.69) is 38.1 Å². The molecule has 0 radical (unpaired) electrons. The van der Waals surface area contributed by atoms with Crippen molar-refractivity contribution in [3.05, 3.63) is 22.8 Å². The van der Waals surface area contributed by atoms with Crippen molar-refractivity contribution in [3.8, 4) is 17.7 Å². The molecule has 1 N–H and O–H groups in total. The van der Waals surface area contributed by atoms with E-state index in [1.54, 1.807) is 26.8 Å². The lowest BCUT2D eigenvalue weighted by molar-refractivity contribution is 0.0535. The van der Waals surface area contributed by atoms with Crippen LogP contribution in [0.5, 0.6) is 5.88 Å². The highest BCUT2D eigenvalue weighted by molar-refractivity contribution is 9.10. The minimum atomic E-state index is -0.507. The fourth-order valence-corrected chi connectivity index (χ4v) is 1.45. The Bertz CT molecular complexity index is 515. The molecule has 0 saturated heterocycles. The van der Waals surface area contributed by atoms with E-state index in [1.807, 2.05) is 12.1 Å². The molecule has 0 bridgehead atoms. The Morgan fingerprint density at radius 3 is 2.80 bits per heavy atom. The van der Waals surface area contributed by atoms with E-state index < -0.39 is 11.7 Å². The molecule has 1 rings (SSSR count). The summed E-state index contributed by atoms with van der Waals surface area (Å²) < 4.78 is 11.1. The maximum absolute atomic E-state index is 11.3. The molecule has 6 heteroatoms. The summed E-state index contributed by atoms with van der Waals surface area (Å²) in [6.07, 6.45) is -0.485. The molecule has 0 aliphatic carbocycles. The standard InChI is InChI=1S/C14H17BrN2O3/c1-14(2,3)20-13(18)16-9-4-5-10-19-12-8-6-7-11(15)17-12/h6-8H,9-10H2,1-3H3,(H,16,18). The van der Waals surface area contributed by atoms with Gasteiger partial charge in [-0.2, -0.15) is 0 Å². The number of nitrogens with one attached hydrogen (secondary N) is 1. The Kier molecular flexibility index (Phi) is 6.32. The van der Waals surface area contributed by atoms with Gasteiger partial charge in [-0.15, -0.1) is 0 Å². The highest BCUT2D eigenvalue weighted by Crippen LogP contribution is 2.11. The molecule has 0 spiro atoms. The Morgan fingerprint density at radius 1 is 1.40 bits per heavy atom. The van der Waals surface area contributed by atoms with Gasteiger partial charge in [0.05, 0.1) is 6.54 Å². The SMILES string of the molecule is CC(C)(C)OC(=O)NCC#CCOc1cccc(Br)n1. The second-order valence-corrected chi connectivity index (χ2v) is 5.61. The van der Waals surface area contributed by atoms with E-state index in [4.69, 9.17) is 9.47 Å². The largest absolute Gasteiger partial charge is 0.464 e. The van der Waals surface area contributed by atoms with E-state index >= 15 is 0 Å². The van der Waals surface area contributed by atoms with Crippen molar-refractivity contribution in [2.24, 2.45) is 0 Å². The smallest absolute Gasteiger partial charge is 0.408 e. The van der Waals surface area contributed by atoms with E-state index in [1.165, 1.54) is 0 Å². The van der Waals surface area contributed by atoms with E-state index in [9.17, 15) is 4.79 Å². The Hall–Kier alpha value is -1.74. The summed E-state index contributed by atoms with van der Waals surface area (Å²) in [4.78, 5) is 15.4. The molecule has 20 heavy (non-hydrogen) atoms. The number of alkyl carbamates (subject to hydrolysis) is 1. The molecule has 108 valence electrons. The van der Waals surface area contributed by atoms with Crippen LogP contribution in [0.25, 0.3) is 0 Å². The van der Waals surface area contributed by atoms with Gasteiger partial charge in [0.25, 0.3) is 0 Å². The summed E-state index contributed by atoms with van der Waals surface area (Å²) in [6.45, 7) is 5.83. The zero-order valence-corrected chi connectivity index (χ0v) is 13.3. The zero-order valence-electron chi connectivity index (χ0n) is 11.7. The van der Waals surface area contributed by atoms with Gasteiger partial charge in [-0.3, -0.25) is 0 Å². The minimum Gasteiger partial charge on any atom is -0.464 e. The van der Waals surface area contributed by atoms with Crippen molar-refractivity contribution in [2.45, 2.75) is 26.4 Å². The number of rotatable bonds is 3. The number of carbonyl (C=O) groups is 1. The van der Waals surface area contributed by atoms with Crippen LogP contribution in [0.15, 0.2) is 22.8 Å². The van der Waals surface area contributed by atoms with Gasteiger partial charge < -0.3 is 14.8 Å². The molecule has 0 unspecified atom stereocenters. The third-order valence-corrected chi connectivity index (χ3v) is 2.27. The van der Waals surface area contributed by atoms with Crippen molar-refractivity contribution >= 4 is 22.0 Å². The molecule has 1 heterocycles. The lowest BCUT2D eigenvalue weighted by atomic mass is 10.2. The molecule has 0 aliphatic heterocycles. The van der Waals surface area contributed by atoms with Crippen LogP contribution in [0.1, 0.15) is 20.8 Å². The third kappa shape index (κ3) is 7.64. The minimum absolute atomic E-state index is 0.208. The Labute approximate surface area is 127 Å². The number of ether oxygens (including phenoxy) is 2. The molecule has 1 aromatic rings. The fraction of sp³-hybridized carbons (Fsp3) is 0.429. The Morgan fingerprint density at radius 2 is 2.15 bits per heavy atom. The van der Waals surface area contributed by atoms with Gasteiger partial charge in [0, 0.05) is 6.07 Å². The predicted octanol–water partition coefficient (Wildman–Crippen LogP) is 2.75. The Balaban J connectivity index is 2.22. The number of hydrogen-bond donors (Lipinski definition) is 1. The zero-order chi connectivity index (χ0) is 15.0. The van der Waals surface area contributed by atoms with Crippen LogP contribution in [0.4, 0.5) is 4.79 Å². The molecule has 0 fully saturated rings. The van der Waals surface area contributed by atoms with Crippen molar-refractivity contribution < 1.29 is 14.3 Å². The molecule has 0 aromatic carbocycles. The van der Waals surface area contributed by atoms with Gasteiger partial charge in [0.15, 0.2) is 6.61 Å². The first-order valence-corrected chi connectivity index (χ1v) is 6.84. The molecule has 0 aliphatic rings. The highest BCUT2D eigenvalue weighted by Gasteiger charge is 2.14. The molecule has 5 nitrogen and oxygen atoms in total. The van der Waals surface area contributed by atoms with Crippen LogP contribution in [-0.2, 0) is 4.74 Å². The number of amides is 1. The average Bonchev–Trinajstić information content (AvgIpc) is 2.31. The average molecular weight is 341 g/mol. The predicted molar refractivity (Wildman–Crippen MR) is 79.4 cm³/mol. The lowest BCUT2D eigenvalue weighted by Gasteiger charge is -2.18. The quantitative estimate of drug-likeness (QED) is 0.678. The topological polar surface area (TPSA) is 60.5 Å². The monoisotopic (exact) mass is 340 g/mol. The first-order chi connectivity index (χ1) is 9.37. The van der Waals surface area contributed by atoms with Crippen LogP contribution in [0, 0.1) is 11.8 Å². The first-order valence-electron chi connectivity index (χ1n) is 6.05. The molecule has 1 amide bonds. The molecule has 0 saturated carbocycles. The van der Waals surface area contributed by atoms with Gasteiger partial charge in [-0.25, -0.2) is 9.78 Å². The highest BCUT2D eigenvalue weighted by atomic mass is 79.9. The van der Waals surface area contributed by atoms with Crippen LogP contribution >= 0.6 is 15.9 Å². The van der Waals surface area contributed by atoms with Crippen molar-refractivity contribution in [1.82, 2.24) is 10.3 Å². The summed E-state index contributed by atoms with van der Waals surface area (Å²) in [5, 5.41) is 2.53. The van der Waals surface area contributed by atoms with Crippen molar-refractivity contribution in [3.63, 3.8) is 0 Å². The van der Waals surface area contributed by atoms with E-state index in [0.29, 0.717) is 10.5 Å². The van der Waals surface area contributed by atoms with Crippen LogP contribution in [0.2, 0.25) is 0 Å². The number of nitrogens with zero attached hydrogens (tertiary/aromatic N) is 1. The van der Waals surface area contributed by atoms with Gasteiger partial charge in [0.2, 0.25) is 5.88 Å². The van der Waals surface area contributed by atoms with Gasteiger partial charge in [-0.05, 0) is 42.8 Å². The number of hydrogen-bond acceptors (Lipinski definition) is 4. The summed E-state index contributed by atoms with van der Waals surface area (Å²) in [6, 6.07) is 5.37. The first kappa shape index (κ1) is 16.3. The van der Waals surface area contributed by atoms with Crippen molar-refractivity contribution in [1.29, 1.82) is 0 Å². The second kappa shape index (κ2) is 7.75. The van der Waals surface area contributed by atoms with Gasteiger partial charge in [0.1, 0.15) is 10.2 Å². The molecule has 1 aromatic heterocycles. The van der Waals surface area contributed by atoms with Crippen LogP contribution in [0.3, 0.4) is 0 Å². The van der Waals surface area contributed by atoms with E-state index in [0.717, 1.165) is 0 Å². The van der Waals surface area contributed by atoms with Crippen LogP contribution < -0.4 is 10.1 Å². The van der Waals surface area contributed by atoms with Crippen molar-refractivity contribution in [2.75, 3.05) is 13.2 Å². The third-order valence-electron chi connectivity index (χ3n) is 1.83. The normalized spacial score (nSPS) is 10.2. The van der Waals surface area contributed by atoms with Gasteiger partial charge in [-0.1, -0.05) is 17.9 Å². The summed E-state index contributed by atoms with van der Waals surface area (Å²) in [5.74, 6) is 6.03. The number of carbonyl (C=O) groups excluding carboxylic acids is 1. The number of pyridine rings is 1. The summed E-state index contributed by atoms with van der Waals surface area (Å²) in [7, 11) is 0. The maximum Gasteiger partial charge on any atom is 0.408 e. The number of aromatic nitrogens is 1. The van der Waals surface area contributed by atoms with Gasteiger partial charge >= 0.3 is 6.09 Å². The summed E-state index contributed by atoms with van der Waals surface area (Å²) >= 11 is 3.25. The summed E-state index contributed by atoms with van der Waals surface area (Å²) in [5.41, 5.74) is -0.507. The molecular formula is C14H17BrN2O3. The second-order valence-electron chi connectivity index (χ2n) is 4.80. The molecular weight excluding hydrogens is 324 g/mol. The molecule has 0 atom stereocenters. The van der Waals surface area contributed by atoms with Crippen LogP contribution in [-0.4, -0.2) is 29.8 Å². The van der Waals surface area contributed by atoms with E-state index in [-0.39, 0.29) is 13.2 Å². The maximum atomic E-state index is 11.3. The lowest BCUT2D eigenvalue weighted by Crippen LogP contribution is -2.32. The number of halogens is 1.